The Kier molecular flexibility index (Phi) is 12.3. The van der Waals surface area contributed by atoms with E-state index in [1.165, 1.54) is 37.3 Å². The number of aryl methyl sites for hydroxylation is 2. The lowest BCUT2D eigenvalue weighted by Gasteiger charge is -2.34. The zero-order chi connectivity index (χ0) is 35.0. The smallest absolute Gasteiger partial charge is 0.264 e. The highest BCUT2D eigenvalue weighted by atomic mass is 79.9. The molecule has 0 aliphatic heterocycles. The number of nitrogens with one attached hydrogen (secondary N) is 1. The number of anilines is 1. The van der Waals surface area contributed by atoms with Crippen molar-refractivity contribution in [3.63, 3.8) is 0 Å². The molecule has 0 aliphatic rings. The highest BCUT2D eigenvalue weighted by Crippen LogP contribution is 2.33. The van der Waals surface area contributed by atoms with E-state index in [4.69, 9.17) is 9.47 Å². The summed E-state index contributed by atoms with van der Waals surface area (Å²) >= 11 is 3.51. The summed E-state index contributed by atoms with van der Waals surface area (Å²) in [6, 6.07) is 25.5. The number of ether oxygens (including phenoxy) is 2. The summed E-state index contributed by atoms with van der Waals surface area (Å²) in [7, 11) is -1.44. The van der Waals surface area contributed by atoms with E-state index in [1.807, 2.05) is 88.4 Å². The monoisotopic (exact) mass is 735 g/mol. The van der Waals surface area contributed by atoms with E-state index in [1.54, 1.807) is 12.1 Å². The van der Waals surface area contributed by atoms with E-state index < -0.39 is 28.5 Å². The normalized spacial score (nSPS) is 11.9. The average Bonchev–Trinajstić information content (AvgIpc) is 3.04. The van der Waals surface area contributed by atoms with E-state index in [0.29, 0.717) is 11.4 Å². The number of halogens is 1. The fourth-order valence-corrected chi connectivity index (χ4v) is 7.35. The standard InChI is InChI=1S/C37H42BrN3O6S/c1-25(2)39-37(43)33(21-28-11-8-7-9-12-28)40(23-29-13-10-14-30(38)20-29)36(42)24-41(31-18-26(3)17-27(4)19-31)48(44,45)32-15-16-34(46-5)35(22-32)47-6/h7-20,22,25,33H,21,23-24H2,1-6H3,(H,39,43)/t33-/m1/s1. The fourth-order valence-electron chi connectivity index (χ4n) is 5.49. The molecule has 4 aromatic carbocycles. The van der Waals surface area contributed by atoms with Gasteiger partial charge < -0.3 is 19.7 Å². The summed E-state index contributed by atoms with van der Waals surface area (Å²) in [5.74, 6) is -0.281. The van der Waals surface area contributed by atoms with Gasteiger partial charge >= 0.3 is 0 Å². The molecular formula is C37H42BrN3O6S. The minimum absolute atomic E-state index is 0.0678. The maximum atomic E-state index is 14.7. The Balaban J connectivity index is 1.86. The van der Waals surface area contributed by atoms with Gasteiger partial charge in [0, 0.05) is 29.5 Å². The van der Waals surface area contributed by atoms with Gasteiger partial charge in [0.2, 0.25) is 11.8 Å². The van der Waals surface area contributed by atoms with Gasteiger partial charge in [-0.15, -0.1) is 0 Å². The third kappa shape index (κ3) is 9.17. The lowest BCUT2D eigenvalue weighted by Crippen LogP contribution is -2.54. The van der Waals surface area contributed by atoms with E-state index >= 15 is 0 Å². The first kappa shape index (κ1) is 36.5. The van der Waals surface area contributed by atoms with Gasteiger partial charge in [-0.25, -0.2) is 8.42 Å². The van der Waals surface area contributed by atoms with Crippen LogP contribution in [0.3, 0.4) is 0 Å². The number of hydrogen-bond donors (Lipinski definition) is 1. The number of sulfonamides is 1. The predicted molar refractivity (Wildman–Crippen MR) is 192 cm³/mol. The van der Waals surface area contributed by atoms with Crippen molar-refractivity contribution in [1.29, 1.82) is 0 Å². The van der Waals surface area contributed by atoms with Crippen LogP contribution in [0.25, 0.3) is 0 Å². The van der Waals surface area contributed by atoms with Crippen LogP contribution in [0.5, 0.6) is 11.5 Å². The predicted octanol–water partition coefficient (Wildman–Crippen LogP) is 6.44. The molecule has 0 spiro atoms. The molecule has 0 unspecified atom stereocenters. The number of rotatable bonds is 14. The molecule has 11 heteroatoms. The Morgan fingerprint density at radius 1 is 0.812 bits per heavy atom. The number of hydrogen-bond acceptors (Lipinski definition) is 6. The summed E-state index contributed by atoms with van der Waals surface area (Å²) in [6.45, 7) is 6.95. The van der Waals surface area contributed by atoms with E-state index in [9.17, 15) is 18.0 Å². The average molecular weight is 737 g/mol. The van der Waals surface area contributed by atoms with Gasteiger partial charge in [-0.3, -0.25) is 13.9 Å². The van der Waals surface area contributed by atoms with Crippen LogP contribution in [0.1, 0.15) is 36.1 Å². The molecule has 0 saturated heterocycles. The SMILES string of the molecule is COc1ccc(S(=O)(=O)N(CC(=O)N(Cc2cccc(Br)c2)[C@H](Cc2ccccc2)C(=O)NC(C)C)c2cc(C)cc(C)c2)cc1OC. The van der Waals surface area contributed by atoms with Crippen LogP contribution in [0, 0.1) is 13.8 Å². The number of carbonyl (C=O) groups is 2. The lowest BCUT2D eigenvalue weighted by molar-refractivity contribution is -0.140. The van der Waals surface area contributed by atoms with Crippen molar-refractivity contribution in [2.24, 2.45) is 0 Å². The topological polar surface area (TPSA) is 105 Å². The molecule has 0 saturated carbocycles. The molecule has 9 nitrogen and oxygen atoms in total. The molecule has 2 amide bonds. The Morgan fingerprint density at radius 2 is 1.46 bits per heavy atom. The summed E-state index contributed by atoms with van der Waals surface area (Å²) in [4.78, 5) is 30.0. The minimum Gasteiger partial charge on any atom is -0.493 e. The Labute approximate surface area is 292 Å². The Hall–Kier alpha value is -4.35. The van der Waals surface area contributed by atoms with Crippen LogP contribution in [0.4, 0.5) is 5.69 Å². The van der Waals surface area contributed by atoms with Crippen LogP contribution < -0.4 is 19.1 Å². The van der Waals surface area contributed by atoms with Crippen molar-refractivity contribution in [3.05, 3.63) is 118 Å². The molecule has 48 heavy (non-hydrogen) atoms. The highest BCUT2D eigenvalue weighted by molar-refractivity contribution is 9.10. The van der Waals surface area contributed by atoms with Crippen molar-refractivity contribution >= 4 is 43.5 Å². The first-order valence-corrected chi connectivity index (χ1v) is 17.8. The third-order valence-corrected chi connectivity index (χ3v) is 9.92. The van der Waals surface area contributed by atoms with E-state index in [-0.39, 0.29) is 35.6 Å². The quantitative estimate of drug-likeness (QED) is 0.160. The molecule has 0 fully saturated rings. The van der Waals surface area contributed by atoms with Crippen LogP contribution in [0.15, 0.2) is 100 Å². The number of benzene rings is 4. The summed E-state index contributed by atoms with van der Waals surface area (Å²) < 4.78 is 41.6. The molecule has 1 atom stereocenters. The molecule has 4 rings (SSSR count). The van der Waals surface area contributed by atoms with Crippen molar-refractivity contribution in [1.82, 2.24) is 10.2 Å². The van der Waals surface area contributed by atoms with Crippen molar-refractivity contribution in [3.8, 4) is 11.5 Å². The second-order valence-electron chi connectivity index (χ2n) is 11.9. The van der Waals surface area contributed by atoms with Crippen LogP contribution >= 0.6 is 15.9 Å². The van der Waals surface area contributed by atoms with Gasteiger partial charge in [0.1, 0.15) is 12.6 Å². The maximum absolute atomic E-state index is 14.7. The van der Waals surface area contributed by atoms with Gasteiger partial charge in [0.25, 0.3) is 10.0 Å². The number of carbonyl (C=O) groups excluding carboxylic acids is 2. The zero-order valence-electron chi connectivity index (χ0n) is 28.1. The summed E-state index contributed by atoms with van der Waals surface area (Å²) in [6.07, 6.45) is 0.227. The van der Waals surface area contributed by atoms with Crippen LogP contribution in [0.2, 0.25) is 0 Å². The van der Waals surface area contributed by atoms with Crippen LogP contribution in [-0.4, -0.2) is 58.0 Å². The maximum Gasteiger partial charge on any atom is 0.264 e. The third-order valence-electron chi connectivity index (χ3n) is 7.66. The minimum atomic E-state index is -4.33. The van der Waals surface area contributed by atoms with Gasteiger partial charge in [0.15, 0.2) is 11.5 Å². The van der Waals surface area contributed by atoms with Crippen molar-refractivity contribution < 1.29 is 27.5 Å². The molecule has 1 N–H and O–H groups in total. The molecular weight excluding hydrogens is 694 g/mol. The number of nitrogens with zero attached hydrogens (tertiary/aromatic N) is 2. The Morgan fingerprint density at radius 3 is 2.06 bits per heavy atom. The second-order valence-corrected chi connectivity index (χ2v) is 14.7. The fraction of sp³-hybridized carbons (Fsp3) is 0.297. The zero-order valence-corrected chi connectivity index (χ0v) is 30.5. The molecule has 4 aromatic rings. The van der Waals surface area contributed by atoms with E-state index in [0.717, 1.165) is 31.0 Å². The number of methoxy groups -OCH3 is 2. The second kappa shape index (κ2) is 16.2. The van der Waals surface area contributed by atoms with Crippen molar-refractivity contribution in [2.45, 2.75) is 57.6 Å². The Bertz CT molecular complexity index is 1830. The van der Waals surface area contributed by atoms with Gasteiger partial charge in [-0.2, -0.15) is 0 Å². The number of amides is 2. The first-order chi connectivity index (χ1) is 22.8. The lowest BCUT2D eigenvalue weighted by atomic mass is 10.0. The largest absolute Gasteiger partial charge is 0.493 e. The van der Waals surface area contributed by atoms with Gasteiger partial charge in [0.05, 0.1) is 24.8 Å². The summed E-state index contributed by atoms with van der Waals surface area (Å²) in [5, 5.41) is 2.98. The van der Waals surface area contributed by atoms with Gasteiger partial charge in [-0.1, -0.05) is 64.5 Å². The molecule has 254 valence electrons. The van der Waals surface area contributed by atoms with Crippen LogP contribution in [-0.2, 0) is 32.6 Å². The molecule has 0 aromatic heterocycles. The molecule has 0 radical (unpaired) electrons. The summed E-state index contributed by atoms with van der Waals surface area (Å²) in [5.41, 5.74) is 3.61. The molecule has 0 heterocycles. The van der Waals surface area contributed by atoms with Crippen molar-refractivity contribution in [2.75, 3.05) is 25.1 Å². The highest BCUT2D eigenvalue weighted by Gasteiger charge is 2.35. The van der Waals surface area contributed by atoms with E-state index in [2.05, 4.69) is 21.2 Å². The first-order valence-electron chi connectivity index (χ1n) is 15.5. The molecule has 0 bridgehead atoms. The van der Waals surface area contributed by atoms with Gasteiger partial charge in [-0.05, 0) is 86.3 Å². The molecule has 0 aliphatic carbocycles.